The SMILES string of the molecule is O=C(OCc1ccccc1Cl)C1CCN(S(=O)(=O)c2ccc3c(c2)OCCO3)CC1. The van der Waals surface area contributed by atoms with Crippen LogP contribution < -0.4 is 9.47 Å². The third kappa shape index (κ3) is 4.40. The van der Waals surface area contributed by atoms with Gasteiger partial charge >= 0.3 is 5.97 Å². The Morgan fingerprint density at radius 2 is 1.77 bits per heavy atom. The summed E-state index contributed by atoms with van der Waals surface area (Å²) in [6.45, 7) is 1.44. The van der Waals surface area contributed by atoms with E-state index in [1.807, 2.05) is 12.1 Å². The van der Waals surface area contributed by atoms with Crippen LogP contribution in [0.25, 0.3) is 0 Å². The van der Waals surface area contributed by atoms with E-state index in [2.05, 4.69) is 0 Å². The number of fused-ring (bicyclic) bond motifs is 1. The molecule has 0 radical (unpaired) electrons. The summed E-state index contributed by atoms with van der Waals surface area (Å²) < 4.78 is 43.7. The fraction of sp³-hybridized carbons (Fsp3) is 0.381. The van der Waals surface area contributed by atoms with Crippen molar-refractivity contribution in [3.05, 3.63) is 53.1 Å². The van der Waals surface area contributed by atoms with Gasteiger partial charge in [0.05, 0.1) is 10.8 Å². The fourth-order valence-electron chi connectivity index (χ4n) is 3.55. The molecule has 0 N–H and O–H groups in total. The maximum absolute atomic E-state index is 13.0. The molecular formula is C21H22ClNO6S. The second kappa shape index (κ2) is 8.83. The maximum Gasteiger partial charge on any atom is 0.309 e. The molecule has 160 valence electrons. The van der Waals surface area contributed by atoms with Crippen LogP contribution in [-0.4, -0.2) is 45.0 Å². The lowest BCUT2D eigenvalue weighted by atomic mass is 9.98. The minimum absolute atomic E-state index is 0.105. The van der Waals surface area contributed by atoms with Crippen LogP contribution in [0.3, 0.4) is 0 Å². The second-order valence-corrected chi connectivity index (χ2v) is 9.53. The third-order valence-corrected chi connectivity index (χ3v) is 7.53. The summed E-state index contributed by atoms with van der Waals surface area (Å²) in [5.41, 5.74) is 0.742. The number of hydrogen-bond donors (Lipinski definition) is 0. The molecule has 0 spiro atoms. The van der Waals surface area contributed by atoms with Crippen LogP contribution in [0.2, 0.25) is 5.02 Å². The van der Waals surface area contributed by atoms with Crippen LogP contribution in [0.4, 0.5) is 0 Å². The third-order valence-electron chi connectivity index (χ3n) is 5.27. The van der Waals surface area contributed by atoms with E-state index in [4.69, 9.17) is 25.8 Å². The highest BCUT2D eigenvalue weighted by Gasteiger charge is 2.33. The number of sulfonamides is 1. The topological polar surface area (TPSA) is 82.1 Å². The molecule has 2 aromatic carbocycles. The van der Waals surface area contributed by atoms with Crippen molar-refractivity contribution in [2.45, 2.75) is 24.3 Å². The van der Waals surface area contributed by atoms with Crippen molar-refractivity contribution in [1.82, 2.24) is 4.31 Å². The Bertz CT molecular complexity index is 1030. The number of carbonyl (C=O) groups excluding carboxylic acids is 1. The lowest BCUT2D eigenvalue weighted by Gasteiger charge is -2.30. The van der Waals surface area contributed by atoms with Crippen LogP contribution in [0.5, 0.6) is 11.5 Å². The summed E-state index contributed by atoms with van der Waals surface area (Å²) in [5.74, 6) is 0.311. The minimum atomic E-state index is -3.68. The van der Waals surface area contributed by atoms with Crippen LogP contribution in [0.1, 0.15) is 18.4 Å². The Morgan fingerprint density at radius 3 is 2.50 bits per heavy atom. The summed E-state index contributed by atoms with van der Waals surface area (Å²) >= 11 is 6.08. The molecule has 4 rings (SSSR count). The van der Waals surface area contributed by atoms with E-state index in [9.17, 15) is 13.2 Å². The fourth-order valence-corrected chi connectivity index (χ4v) is 5.22. The molecule has 1 saturated heterocycles. The van der Waals surface area contributed by atoms with Gasteiger partial charge in [-0.1, -0.05) is 29.8 Å². The number of ether oxygens (including phenoxy) is 3. The van der Waals surface area contributed by atoms with Crippen molar-refractivity contribution in [2.75, 3.05) is 26.3 Å². The lowest BCUT2D eigenvalue weighted by molar-refractivity contribution is -0.151. The average molecular weight is 452 g/mol. The lowest BCUT2D eigenvalue weighted by Crippen LogP contribution is -2.40. The molecule has 0 atom stereocenters. The number of piperidine rings is 1. The van der Waals surface area contributed by atoms with E-state index in [-0.39, 0.29) is 36.5 Å². The Balaban J connectivity index is 1.35. The molecule has 2 aliphatic rings. The minimum Gasteiger partial charge on any atom is -0.486 e. The summed E-state index contributed by atoms with van der Waals surface area (Å²) in [4.78, 5) is 12.6. The van der Waals surface area contributed by atoms with Gasteiger partial charge in [-0.2, -0.15) is 4.31 Å². The van der Waals surface area contributed by atoms with Gasteiger partial charge in [0.2, 0.25) is 10.0 Å². The van der Waals surface area contributed by atoms with Crippen molar-refractivity contribution < 1.29 is 27.4 Å². The van der Waals surface area contributed by atoms with Crippen LogP contribution >= 0.6 is 11.6 Å². The Labute approximate surface area is 180 Å². The van der Waals surface area contributed by atoms with Crippen molar-refractivity contribution in [3.63, 3.8) is 0 Å². The number of esters is 1. The Morgan fingerprint density at radius 1 is 1.07 bits per heavy atom. The Hall–Kier alpha value is -2.29. The van der Waals surface area contributed by atoms with Crippen molar-refractivity contribution in [2.24, 2.45) is 5.92 Å². The highest BCUT2D eigenvalue weighted by Crippen LogP contribution is 2.34. The zero-order chi connectivity index (χ0) is 21.1. The largest absolute Gasteiger partial charge is 0.486 e. The normalized spacial score (nSPS) is 17.5. The van der Waals surface area contributed by atoms with E-state index in [1.54, 1.807) is 18.2 Å². The first-order chi connectivity index (χ1) is 14.4. The predicted octanol–water partition coefficient (Wildman–Crippen LogP) is 3.26. The first kappa shape index (κ1) is 21.0. The van der Waals surface area contributed by atoms with Gasteiger partial charge in [0, 0.05) is 29.7 Å². The number of carbonyl (C=O) groups is 1. The number of benzene rings is 2. The van der Waals surface area contributed by atoms with Gasteiger partial charge in [-0.25, -0.2) is 8.42 Å². The van der Waals surface area contributed by atoms with Gasteiger partial charge in [0.15, 0.2) is 11.5 Å². The van der Waals surface area contributed by atoms with Gasteiger partial charge in [-0.05, 0) is 31.0 Å². The zero-order valence-electron chi connectivity index (χ0n) is 16.3. The van der Waals surface area contributed by atoms with E-state index in [0.717, 1.165) is 5.56 Å². The molecule has 7 nitrogen and oxygen atoms in total. The molecule has 0 bridgehead atoms. The molecule has 0 unspecified atom stereocenters. The van der Waals surface area contributed by atoms with E-state index < -0.39 is 10.0 Å². The van der Waals surface area contributed by atoms with Gasteiger partial charge in [-0.3, -0.25) is 4.79 Å². The zero-order valence-corrected chi connectivity index (χ0v) is 17.8. The summed E-state index contributed by atoms with van der Waals surface area (Å²) in [5, 5.41) is 0.547. The molecule has 2 heterocycles. The molecule has 30 heavy (non-hydrogen) atoms. The van der Waals surface area contributed by atoms with Crippen LogP contribution in [0.15, 0.2) is 47.4 Å². The van der Waals surface area contributed by atoms with Crippen LogP contribution in [0, 0.1) is 5.92 Å². The molecule has 0 aliphatic carbocycles. The Kier molecular flexibility index (Phi) is 6.17. The van der Waals surface area contributed by atoms with Gasteiger partial charge < -0.3 is 14.2 Å². The standard InChI is InChI=1S/C21H22ClNO6S/c22-18-4-2-1-3-16(18)14-29-21(24)15-7-9-23(10-8-15)30(25,26)17-5-6-19-20(13-17)28-12-11-27-19/h1-6,13,15H,7-12,14H2. The quantitative estimate of drug-likeness (QED) is 0.649. The molecule has 0 aromatic heterocycles. The number of halogens is 1. The molecular weight excluding hydrogens is 430 g/mol. The van der Waals surface area contributed by atoms with Crippen molar-refractivity contribution in [3.8, 4) is 11.5 Å². The number of hydrogen-bond acceptors (Lipinski definition) is 6. The molecule has 2 aromatic rings. The van der Waals surface area contributed by atoms with E-state index in [1.165, 1.54) is 16.4 Å². The predicted molar refractivity (Wildman–Crippen MR) is 110 cm³/mol. The highest BCUT2D eigenvalue weighted by molar-refractivity contribution is 7.89. The van der Waals surface area contributed by atoms with Gasteiger partial charge in [0.1, 0.15) is 19.8 Å². The van der Waals surface area contributed by atoms with Crippen molar-refractivity contribution in [1.29, 1.82) is 0 Å². The monoisotopic (exact) mass is 451 g/mol. The molecule has 0 saturated carbocycles. The van der Waals surface area contributed by atoms with E-state index >= 15 is 0 Å². The molecule has 2 aliphatic heterocycles. The molecule has 0 amide bonds. The van der Waals surface area contributed by atoms with Crippen molar-refractivity contribution >= 4 is 27.6 Å². The summed E-state index contributed by atoms with van der Waals surface area (Å²) in [6.07, 6.45) is 0.816. The number of rotatable bonds is 5. The highest BCUT2D eigenvalue weighted by atomic mass is 35.5. The molecule has 9 heteroatoms. The van der Waals surface area contributed by atoms with Gasteiger partial charge in [-0.15, -0.1) is 0 Å². The van der Waals surface area contributed by atoms with E-state index in [0.29, 0.717) is 42.6 Å². The van der Waals surface area contributed by atoms with Gasteiger partial charge in [0.25, 0.3) is 0 Å². The summed E-state index contributed by atoms with van der Waals surface area (Å²) in [6, 6.07) is 11.8. The second-order valence-electron chi connectivity index (χ2n) is 7.18. The first-order valence-electron chi connectivity index (χ1n) is 9.75. The summed E-state index contributed by atoms with van der Waals surface area (Å²) in [7, 11) is -3.68. The number of nitrogens with zero attached hydrogens (tertiary/aromatic N) is 1. The smallest absolute Gasteiger partial charge is 0.309 e. The average Bonchev–Trinajstić information content (AvgIpc) is 2.78. The van der Waals surface area contributed by atoms with Crippen LogP contribution in [-0.2, 0) is 26.2 Å². The first-order valence-corrected chi connectivity index (χ1v) is 11.6. The maximum atomic E-state index is 13.0. The molecule has 1 fully saturated rings.